The van der Waals surface area contributed by atoms with Gasteiger partial charge in [-0.1, -0.05) is 18.2 Å². The van der Waals surface area contributed by atoms with E-state index in [1.165, 1.54) is 28.6 Å². The number of nitrogens with zero attached hydrogens (tertiary/aromatic N) is 2. The molecule has 3 N–H and O–H groups in total. The van der Waals surface area contributed by atoms with Gasteiger partial charge in [-0.05, 0) is 42.7 Å². The van der Waals surface area contributed by atoms with Gasteiger partial charge in [0.1, 0.15) is 22.7 Å². The number of aryl methyl sites for hydroxylation is 1. The average Bonchev–Trinajstić information content (AvgIpc) is 3.52. The molecule has 0 aliphatic heterocycles. The van der Waals surface area contributed by atoms with Crippen molar-refractivity contribution in [1.82, 2.24) is 20.3 Å². The van der Waals surface area contributed by atoms with Crippen LogP contribution < -0.4 is 10.6 Å². The van der Waals surface area contributed by atoms with Gasteiger partial charge in [-0.25, -0.2) is 9.97 Å². The Morgan fingerprint density at radius 1 is 1.19 bits per heavy atom. The number of para-hydroxylation sites is 1. The highest BCUT2D eigenvalue weighted by Crippen LogP contribution is 2.33. The molecular formula is C23H21N5O2S. The molecular weight excluding hydrogens is 410 g/mol. The number of H-pyrrole nitrogens is 1. The molecule has 0 bridgehead atoms. The molecule has 4 aromatic heterocycles. The molecule has 31 heavy (non-hydrogen) atoms. The molecule has 0 radical (unpaired) electrons. The van der Waals surface area contributed by atoms with E-state index in [-0.39, 0.29) is 5.91 Å². The van der Waals surface area contributed by atoms with Gasteiger partial charge in [-0.2, -0.15) is 0 Å². The van der Waals surface area contributed by atoms with Crippen molar-refractivity contribution in [3.05, 3.63) is 76.9 Å². The normalized spacial score (nSPS) is 11.3. The predicted octanol–water partition coefficient (Wildman–Crippen LogP) is 4.66. The van der Waals surface area contributed by atoms with Crippen molar-refractivity contribution < 1.29 is 9.21 Å². The Kier molecular flexibility index (Phi) is 5.13. The zero-order chi connectivity index (χ0) is 21.2. The summed E-state index contributed by atoms with van der Waals surface area (Å²) in [5.41, 5.74) is 3.28. The molecule has 5 rings (SSSR count). The van der Waals surface area contributed by atoms with Gasteiger partial charge in [0.05, 0.1) is 23.1 Å². The smallest absolute Gasteiger partial charge is 0.262 e. The minimum absolute atomic E-state index is 0.137. The van der Waals surface area contributed by atoms with E-state index in [1.807, 2.05) is 25.1 Å². The lowest BCUT2D eigenvalue weighted by atomic mass is 10.1. The fourth-order valence-corrected chi connectivity index (χ4v) is 4.80. The molecule has 0 spiro atoms. The topological polar surface area (TPSA) is 95.8 Å². The summed E-state index contributed by atoms with van der Waals surface area (Å²) in [5, 5.41) is 8.47. The molecule has 1 amide bonds. The Bertz CT molecular complexity index is 1350. The maximum absolute atomic E-state index is 12.7. The molecule has 8 heteroatoms. The highest BCUT2D eigenvalue weighted by atomic mass is 32.1. The first-order valence-corrected chi connectivity index (χ1v) is 10.9. The van der Waals surface area contributed by atoms with Crippen LogP contribution in [0.3, 0.4) is 0 Å². The summed E-state index contributed by atoms with van der Waals surface area (Å²) >= 11 is 1.38. The van der Waals surface area contributed by atoms with E-state index >= 15 is 0 Å². The second-order valence-corrected chi connectivity index (χ2v) is 8.26. The lowest BCUT2D eigenvalue weighted by Crippen LogP contribution is -2.22. The summed E-state index contributed by atoms with van der Waals surface area (Å²) in [6, 6.07) is 11.9. The van der Waals surface area contributed by atoms with E-state index in [9.17, 15) is 4.79 Å². The van der Waals surface area contributed by atoms with E-state index in [1.54, 1.807) is 12.3 Å². The van der Waals surface area contributed by atoms with Crippen LogP contribution in [-0.2, 0) is 13.0 Å². The third-order valence-corrected chi connectivity index (χ3v) is 6.50. The highest BCUT2D eigenvalue weighted by Gasteiger charge is 2.19. The van der Waals surface area contributed by atoms with Crippen LogP contribution in [0.4, 0.5) is 5.82 Å². The molecule has 4 heterocycles. The van der Waals surface area contributed by atoms with Crippen molar-refractivity contribution in [2.45, 2.75) is 19.9 Å². The van der Waals surface area contributed by atoms with Crippen LogP contribution in [-0.4, -0.2) is 27.4 Å². The van der Waals surface area contributed by atoms with E-state index in [4.69, 9.17) is 4.42 Å². The van der Waals surface area contributed by atoms with Gasteiger partial charge >= 0.3 is 0 Å². The van der Waals surface area contributed by atoms with Crippen molar-refractivity contribution in [2.75, 3.05) is 11.9 Å². The summed E-state index contributed by atoms with van der Waals surface area (Å²) in [6.07, 6.45) is 6.04. The number of rotatable bonds is 7. The van der Waals surface area contributed by atoms with Gasteiger partial charge in [0, 0.05) is 23.6 Å². The van der Waals surface area contributed by atoms with Gasteiger partial charge in [0.15, 0.2) is 0 Å². The SMILES string of the molecule is Cc1c(C(=O)NCc2ccco2)sc2ncnc(NCCc3c[nH]c4ccccc34)c12. The van der Waals surface area contributed by atoms with Crippen LogP contribution >= 0.6 is 11.3 Å². The Morgan fingerprint density at radius 2 is 2.10 bits per heavy atom. The summed E-state index contributed by atoms with van der Waals surface area (Å²) < 4.78 is 5.28. The maximum atomic E-state index is 12.7. The summed E-state index contributed by atoms with van der Waals surface area (Å²) in [7, 11) is 0. The molecule has 0 unspecified atom stereocenters. The number of carbonyl (C=O) groups is 1. The van der Waals surface area contributed by atoms with Gasteiger partial charge in [0.25, 0.3) is 5.91 Å². The summed E-state index contributed by atoms with van der Waals surface area (Å²) in [5.74, 6) is 1.33. The number of amides is 1. The number of aromatic nitrogens is 3. The number of anilines is 1. The number of hydrogen-bond acceptors (Lipinski definition) is 6. The molecule has 7 nitrogen and oxygen atoms in total. The molecule has 5 aromatic rings. The summed E-state index contributed by atoms with van der Waals surface area (Å²) in [4.78, 5) is 26.3. The van der Waals surface area contributed by atoms with Gasteiger partial charge in [-0.15, -0.1) is 11.3 Å². The quantitative estimate of drug-likeness (QED) is 0.348. The molecule has 1 aromatic carbocycles. The number of nitrogens with one attached hydrogen (secondary N) is 3. The average molecular weight is 432 g/mol. The van der Waals surface area contributed by atoms with Crippen molar-refractivity contribution >= 4 is 44.2 Å². The molecule has 0 saturated heterocycles. The number of benzene rings is 1. The Morgan fingerprint density at radius 3 is 2.97 bits per heavy atom. The highest BCUT2D eigenvalue weighted by molar-refractivity contribution is 7.20. The second kappa shape index (κ2) is 8.23. The zero-order valence-electron chi connectivity index (χ0n) is 16.9. The number of furan rings is 1. The molecule has 0 fully saturated rings. The van der Waals surface area contributed by atoms with Crippen molar-refractivity contribution in [3.8, 4) is 0 Å². The first-order chi connectivity index (χ1) is 15.2. The van der Waals surface area contributed by atoms with Crippen LogP contribution in [0.2, 0.25) is 0 Å². The third kappa shape index (κ3) is 3.77. The van der Waals surface area contributed by atoms with Crippen LogP contribution in [0, 0.1) is 6.92 Å². The fraction of sp³-hybridized carbons (Fsp3) is 0.174. The number of aromatic amines is 1. The van der Waals surface area contributed by atoms with E-state index < -0.39 is 0 Å². The molecule has 156 valence electrons. The Balaban J connectivity index is 1.32. The van der Waals surface area contributed by atoms with Gasteiger partial charge in [0.2, 0.25) is 0 Å². The standard InChI is InChI=1S/C23H21N5O2S/c1-14-19-21(24-9-8-15-11-25-18-7-3-2-6-17(15)18)27-13-28-23(19)31-20(14)22(29)26-12-16-5-4-10-30-16/h2-7,10-11,13,25H,8-9,12H2,1H3,(H,26,29)(H,24,27,28). The second-order valence-electron chi connectivity index (χ2n) is 7.26. The first-order valence-electron chi connectivity index (χ1n) is 10.0. The number of hydrogen-bond donors (Lipinski definition) is 3. The molecule has 0 saturated carbocycles. The molecule has 0 aliphatic rings. The van der Waals surface area contributed by atoms with Crippen molar-refractivity contribution in [1.29, 1.82) is 0 Å². The number of thiophene rings is 1. The monoisotopic (exact) mass is 431 g/mol. The zero-order valence-corrected chi connectivity index (χ0v) is 17.8. The Hall–Kier alpha value is -3.65. The van der Waals surface area contributed by atoms with Crippen LogP contribution in [0.5, 0.6) is 0 Å². The first kappa shape index (κ1) is 19.3. The number of carbonyl (C=O) groups excluding carboxylic acids is 1. The summed E-state index contributed by atoms with van der Waals surface area (Å²) in [6.45, 7) is 3.01. The Labute approximate surface area is 182 Å². The largest absolute Gasteiger partial charge is 0.467 e. The third-order valence-electron chi connectivity index (χ3n) is 5.30. The van der Waals surface area contributed by atoms with E-state index in [0.29, 0.717) is 17.2 Å². The fourth-order valence-electron chi connectivity index (χ4n) is 3.74. The molecule has 0 atom stereocenters. The van der Waals surface area contributed by atoms with Crippen molar-refractivity contribution in [3.63, 3.8) is 0 Å². The van der Waals surface area contributed by atoms with Gasteiger partial charge < -0.3 is 20.0 Å². The van der Waals surface area contributed by atoms with Crippen LogP contribution in [0.1, 0.15) is 26.6 Å². The van der Waals surface area contributed by atoms with Crippen molar-refractivity contribution in [2.24, 2.45) is 0 Å². The predicted molar refractivity (Wildman–Crippen MR) is 123 cm³/mol. The minimum atomic E-state index is -0.137. The molecule has 0 aliphatic carbocycles. The van der Waals surface area contributed by atoms with Crippen LogP contribution in [0.25, 0.3) is 21.1 Å². The number of fused-ring (bicyclic) bond motifs is 2. The van der Waals surface area contributed by atoms with Crippen LogP contribution in [0.15, 0.2) is 59.6 Å². The van der Waals surface area contributed by atoms with E-state index in [0.717, 1.165) is 40.1 Å². The minimum Gasteiger partial charge on any atom is -0.467 e. The lowest BCUT2D eigenvalue weighted by Gasteiger charge is -2.07. The van der Waals surface area contributed by atoms with Gasteiger partial charge in [-0.3, -0.25) is 4.79 Å². The maximum Gasteiger partial charge on any atom is 0.262 e. The lowest BCUT2D eigenvalue weighted by molar-refractivity contribution is 0.0951. The van der Waals surface area contributed by atoms with E-state index in [2.05, 4.69) is 43.9 Å².